The van der Waals surface area contributed by atoms with E-state index in [0.717, 1.165) is 18.2 Å². The summed E-state index contributed by atoms with van der Waals surface area (Å²) >= 11 is 6.27. The molecule has 0 radical (unpaired) electrons. The van der Waals surface area contributed by atoms with Gasteiger partial charge in [-0.15, -0.1) is 0 Å². The molecule has 2 N–H and O–H groups in total. The number of ether oxygens (including phenoxy) is 1. The number of nitrogens with zero attached hydrogens (tertiary/aromatic N) is 5. The number of fused-ring (bicyclic) bond motifs is 1. The highest BCUT2D eigenvalue weighted by molar-refractivity contribution is 6.32. The van der Waals surface area contributed by atoms with Crippen LogP contribution in [0.5, 0.6) is 5.75 Å². The van der Waals surface area contributed by atoms with Crippen LogP contribution in [0.25, 0.3) is 10.9 Å². The molecule has 1 aliphatic carbocycles. The first-order chi connectivity index (χ1) is 16.2. The van der Waals surface area contributed by atoms with Crippen molar-refractivity contribution in [3.63, 3.8) is 0 Å². The molecule has 2 fully saturated rings. The topological polar surface area (TPSA) is 116 Å². The van der Waals surface area contributed by atoms with Gasteiger partial charge < -0.3 is 19.9 Å². The molecule has 10 nitrogen and oxygen atoms in total. The highest BCUT2D eigenvalue weighted by atomic mass is 35.5. The van der Waals surface area contributed by atoms with Gasteiger partial charge in [0.05, 0.1) is 29.7 Å². The van der Waals surface area contributed by atoms with Crippen molar-refractivity contribution in [2.45, 2.75) is 38.8 Å². The summed E-state index contributed by atoms with van der Waals surface area (Å²) in [5, 5.41) is 4.43. The molecule has 2 atom stereocenters. The molecule has 0 spiro atoms. The van der Waals surface area contributed by atoms with Gasteiger partial charge in [-0.05, 0) is 44.7 Å². The molecule has 11 heteroatoms. The molecular weight excluding hydrogens is 458 g/mol. The first-order valence-corrected chi connectivity index (χ1v) is 11.6. The van der Waals surface area contributed by atoms with Gasteiger partial charge in [-0.1, -0.05) is 11.6 Å². The fourth-order valence-electron chi connectivity index (χ4n) is 4.45. The third-order valence-electron chi connectivity index (χ3n) is 6.40. The van der Waals surface area contributed by atoms with Crippen LogP contribution in [-0.2, 0) is 0 Å². The third-order valence-corrected chi connectivity index (χ3v) is 6.70. The number of H-pyrrole nitrogens is 1. The van der Waals surface area contributed by atoms with Crippen molar-refractivity contribution in [2.24, 2.45) is 5.92 Å². The summed E-state index contributed by atoms with van der Waals surface area (Å²) in [4.78, 5) is 45.3. The Morgan fingerprint density at radius 2 is 1.97 bits per heavy atom. The summed E-state index contributed by atoms with van der Waals surface area (Å²) in [6.07, 6.45) is 2.21. The number of methoxy groups -OCH3 is 1. The van der Waals surface area contributed by atoms with Crippen molar-refractivity contribution in [2.75, 3.05) is 30.9 Å². The average molecular weight is 484 g/mol. The number of halogens is 1. The Kier molecular flexibility index (Phi) is 5.55. The summed E-state index contributed by atoms with van der Waals surface area (Å²) in [5.41, 5.74) is 0.887. The lowest BCUT2D eigenvalue weighted by molar-refractivity contribution is 0.229. The Labute approximate surface area is 201 Å². The summed E-state index contributed by atoms with van der Waals surface area (Å²) < 4.78 is 5.23. The fraction of sp³-hybridized carbons (Fsp3) is 0.435. The first-order valence-electron chi connectivity index (χ1n) is 11.2. The number of carbonyl (C=O) groups is 1. The fourth-order valence-corrected chi connectivity index (χ4v) is 4.70. The maximum atomic E-state index is 12.8. The number of rotatable bonds is 6. The quantitative estimate of drug-likeness (QED) is 0.551. The highest BCUT2D eigenvalue weighted by Crippen LogP contribution is 2.39. The lowest BCUT2D eigenvalue weighted by Crippen LogP contribution is -2.37. The largest absolute Gasteiger partial charge is 0.495 e. The Hall–Kier alpha value is -3.40. The molecule has 2 aromatic heterocycles. The number of benzene rings is 1. The minimum atomic E-state index is -0.417. The van der Waals surface area contributed by atoms with Crippen LogP contribution in [-0.4, -0.2) is 57.6 Å². The Morgan fingerprint density at radius 3 is 2.68 bits per heavy atom. The van der Waals surface area contributed by atoms with E-state index < -0.39 is 6.04 Å². The van der Waals surface area contributed by atoms with Crippen molar-refractivity contribution in [3.05, 3.63) is 45.0 Å². The summed E-state index contributed by atoms with van der Waals surface area (Å²) in [5.74, 6) is 2.09. The number of carbonyl (C=O) groups excluding carboxylic acids is 1. The number of nitrogens with one attached hydrogen (secondary N) is 2. The van der Waals surface area contributed by atoms with Crippen molar-refractivity contribution >= 4 is 40.4 Å². The summed E-state index contributed by atoms with van der Waals surface area (Å²) in [6.45, 7) is 4.27. The second kappa shape index (κ2) is 8.43. The van der Waals surface area contributed by atoms with Gasteiger partial charge in [-0.25, -0.2) is 4.79 Å². The molecule has 3 heterocycles. The van der Waals surface area contributed by atoms with Crippen LogP contribution >= 0.6 is 11.6 Å². The Morgan fingerprint density at radius 1 is 1.21 bits per heavy atom. The predicted octanol–water partition coefficient (Wildman–Crippen LogP) is 3.51. The lowest BCUT2D eigenvalue weighted by Gasteiger charge is -2.22. The van der Waals surface area contributed by atoms with E-state index in [4.69, 9.17) is 16.3 Å². The molecule has 2 aliphatic rings. The number of aromatic nitrogens is 4. The number of hydrogen-bond acceptors (Lipinski definition) is 7. The number of anilines is 2. The number of likely N-dealkylation sites (N-methyl/N-ethyl adjacent to an activating group) is 1. The molecular formula is C23H26ClN7O3. The number of aromatic amines is 1. The van der Waals surface area contributed by atoms with Gasteiger partial charge in [0.15, 0.2) is 0 Å². The molecule has 2 amide bonds. The van der Waals surface area contributed by atoms with E-state index in [1.165, 1.54) is 7.11 Å². The zero-order chi connectivity index (χ0) is 24.1. The monoisotopic (exact) mass is 483 g/mol. The molecule has 1 saturated heterocycles. The van der Waals surface area contributed by atoms with Crippen LogP contribution in [0.2, 0.25) is 5.02 Å². The van der Waals surface area contributed by atoms with Crippen molar-refractivity contribution in [1.29, 1.82) is 0 Å². The highest BCUT2D eigenvalue weighted by Gasteiger charge is 2.46. The van der Waals surface area contributed by atoms with Crippen LogP contribution in [0.4, 0.5) is 16.7 Å². The van der Waals surface area contributed by atoms with Gasteiger partial charge in [-0.2, -0.15) is 15.0 Å². The van der Waals surface area contributed by atoms with Gasteiger partial charge in [0.1, 0.15) is 11.6 Å². The number of hydrogen-bond donors (Lipinski definition) is 2. The smallest absolute Gasteiger partial charge is 0.327 e. The van der Waals surface area contributed by atoms with Crippen molar-refractivity contribution in [1.82, 2.24) is 24.8 Å². The van der Waals surface area contributed by atoms with Crippen LogP contribution in [0, 0.1) is 12.8 Å². The van der Waals surface area contributed by atoms with Gasteiger partial charge in [0.25, 0.3) is 5.56 Å². The van der Waals surface area contributed by atoms with E-state index in [0.29, 0.717) is 52.0 Å². The van der Waals surface area contributed by atoms with Gasteiger partial charge in [-0.3, -0.25) is 9.69 Å². The van der Waals surface area contributed by atoms with Crippen LogP contribution in [0.15, 0.2) is 23.0 Å². The molecule has 1 unspecified atom stereocenters. The molecule has 0 bridgehead atoms. The minimum absolute atomic E-state index is 0.0645. The number of aryl methyl sites for hydroxylation is 1. The standard InChI is InChI=1S/C23H26ClN7O3/c1-11(15-7-14-8-16(24)19(34-4)9-17(14)28-20(15)32)25-21-26-12(2)27-22(29-21)31-18(13-5-6-13)10-30(3)23(31)33/h7-9,11,13,18H,5-6,10H2,1-4H3,(H,28,32)(H,25,26,27,29)/t11-,18?/m0/s1. The van der Waals surface area contributed by atoms with Crippen LogP contribution in [0.3, 0.4) is 0 Å². The Bertz CT molecular complexity index is 1340. The molecule has 5 rings (SSSR count). The molecule has 1 saturated carbocycles. The predicted molar refractivity (Wildman–Crippen MR) is 130 cm³/mol. The SMILES string of the molecule is COc1cc2[nH]c(=O)c([C@H](C)Nc3nc(C)nc(N4C(=O)N(C)CC4C4CC4)n3)cc2cc1Cl. The molecule has 1 aromatic carbocycles. The van der Waals surface area contributed by atoms with Gasteiger partial charge in [0.2, 0.25) is 11.9 Å². The van der Waals surface area contributed by atoms with Gasteiger partial charge in [0, 0.05) is 30.6 Å². The maximum Gasteiger partial charge on any atom is 0.327 e. The molecule has 3 aromatic rings. The molecule has 178 valence electrons. The van der Waals surface area contributed by atoms with E-state index in [1.807, 2.05) is 6.92 Å². The second-order valence-corrected chi connectivity index (χ2v) is 9.35. The van der Waals surface area contributed by atoms with E-state index in [-0.39, 0.29) is 17.6 Å². The van der Waals surface area contributed by atoms with E-state index in [9.17, 15) is 9.59 Å². The number of pyridine rings is 1. The lowest BCUT2D eigenvalue weighted by atomic mass is 10.1. The Balaban J connectivity index is 1.45. The molecule has 34 heavy (non-hydrogen) atoms. The zero-order valence-corrected chi connectivity index (χ0v) is 20.2. The molecule has 1 aliphatic heterocycles. The van der Waals surface area contributed by atoms with Crippen LogP contribution < -0.4 is 20.5 Å². The normalized spacial score (nSPS) is 19.1. The van der Waals surface area contributed by atoms with Crippen LogP contribution in [0.1, 0.15) is 37.2 Å². The van der Waals surface area contributed by atoms with Crippen molar-refractivity contribution in [3.8, 4) is 5.75 Å². The number of urea groups is 1. The van der Waals surface area contributed by atoms with Gasteiger partial charge >= 0.3 is 6.03 Å². The number of amides is 2. The first kappa shape index (κ1) is 22.4. The summed E-state index contributed by atoms with van der Waals surface area (Å²) in [7, 11) is 3.32. The van der Waals surface area contributed by atoms with E-state index in [2.05, 4.69) is 25.3 Å². The third kappa shape index (κ3) is 4.02. The average Bonchev–Trinajstić information content (AvgIpc) is 3.58. The zero-order valence-electron chi connectivity index (χ0n) is 19.4. The maximum absolute atomic E-state index is 12.8. The summed E-state index contributed by atoms with van der Waals surface area (Å²) in [6, 6.07) is 4.77. The van der Waals surface area contributed by atoms with E-state index >= 15 is 0 Å². The van der Waals surface area contributed by atoms with E-state index in [1.54, 1.807) is 42.0 Å². The minimum Gasteiger partial charge on any atom is -0.495 e. The van der Waals surface area contributed by atoms with Crippen molar-refractivity contribution < 1.29 is 9.53 Å². The second-order valence-electron chi connectivity index (χ2n) is 8.94.